The van der Waals surface area contributed by atoms with Gasteiger partial charge in [-0.05, 0) is 16.2 Å². The summed E-state index contributed by atoms with van der Waals surface area (Å²) in [5.74, 6) is -1.40. The maximum Gasteiger partial charge on any atom is 0.308 e. The predicted octanol–water partition coefficient (Wildman–Crippen LogP) is 2.21. The number of ether oxygens (including phenoxy) is 1. The average Bonchev–Trinajstić information content (AvgIpc) is 2.50. The molecule has 0 saturated carbocycles. The summed E-state index contributed by atoms with van der Waals surface area (Å²) in [5, 5.41) is 14.4. The highest BCUT2D eigenvalue weighted by Crippen LogP contribution is 2.38. The van der Waals surface area contributed by atoms with E-state index in [9.17, 15) is 14.7 Å². The quantitative estimate of drug-likeness (QED) is 0.422. The van der Waals surface area contributed by atoms with E-state index in [1.165, 1.54) is 6.92 Å². The van der Waals surface area contributed by atoms with Crippen molar-refractivity contribution in [3.8, 4) is 5.75 Å². The third kappa shape index (κ3) is 2.39. The molecule has 0 spiro atoms. The molecule has 0 amide bonds. The Morgan fingerprint density at radius 2 is 1.41 bits per heavy atom. The van der Waals surface area contributed by atoms with Gasteiger partial charge in [0.15, 0.2) is 0 Å². The van der Waals surface area contributed by atoms with E-state index in [2.05, 4.69) is 0 Å². The van der Waals surface area contributed by atoms with Crippen LogP contribution in [0.4, 0.5) is 0 Å². The number of esters is 1. The fourth-order valence-electron chi connectivity index (χ4n) is 2.76. The van der Waals surface area contributed by atoms with Crippen LogP contribution in [0.2, 0.25) is 0 Å². The van der Waals surface area contributed by atoms with Crippen molar-refractivity contribution in [2.45, 2.75) is 13.3 Å². The number of carbonyl (C=O) groups excluding carboxylic acids is 2. The summed E-state index contributed by atoms with van der Waals surface area (Å²) in [6.45, 7) is 1.30. The van der Waals surface area contributed by atoms with Crippen LogP contribution in [-0.2, 0) is 16.0 Å². The summed E-state index contributed by atoms with van der Waals surface area (Å²) in [4.78, 5) is 22.6. The summed E-state index contributed by atoms with van der Waals surface area (Å²) in [6, 6.07) is 14.9. The van der Waals surface area contributed by atoms with E-state index >= 15 is 0 Å². The highest BCUT2D eigenvalue weighted by Gasteiger charge is 2.16. The van der Waals surface area contributed by atoms with Crippen molar-refractivity contribution in [1.29, 1.82) is 0 Å². The van der Waals surface area contributed by atoms with E-state index in [1.807, 2.05) is 48.5 Å². The molecule has 22 heavy (non-hydrogen) atoms. The lowest BCUT2D eigenvalue weighted by atomic mass is 9.94. The number of hydrogen-bond acceptors (Lipinski definition) is 4. The predicted molar refractivity (Wildman–Crippen MR) is 81.5 cm³/mol. The molecule has 0 aliphatic heterocycles. The molecule has 0 heterocycles. The zero-order valence-electron chi connectivity index (χ0n) is 12.0. The molecule has 0 atom stereocenters. The van der Waals surface area contributed by atoms with Crippen LogP contribution < -0.4 is 9.84 Å². The van der Waals surface area contributed by atoms with Gasteiger partial charge in [0.05, 0.1) is 0 Å². The summed E-state index contributed by atoms with van der Waals surface area (Å²) in [7, 11) is 0. The van der Waals surface area contributed by atoms with Crippen molar-refractivity contribution in [1.82, 2.24) is 0 Å². The molecular formula is C18H13O4-. The van der Waals surface area contributed by atoms with Gasteiger partial charge in [-0.2, -0.15) is 0 Å². The third-order valence-corrected chi connectivity index (χ3v) is 3.56. The van der Waals surface area contributed by atoms with Crippen LogP contribution in [0.25, 0.3) is 21.5 Å². The second-order valence-electron chi connectivity index (χ2n) is 5.04. The molecule has 0 unspecified atom stereocenters. The molecule has 3 aromatic rings. The summed E-state index contributed by atoms with van der Waals surface area (Å²) in [5.41, 5.74) is 0.463. The lowest BCUT2D eigenvalue weighted by molar-refractivity contribution is -0.304. The Labute approximate surface area is 126 Å². The zero-order chi connectivity index (χ0) is 15.7. The van der Waals surface area contributed by atoms with Crippen LogP contribution in [0.5, 0.6) is 5.75 Å². The van der Waals surface area contributed by atoms with E-state index in [1.54, 1.807) is 0 Å². The number of hydrogen-bond donors (Lipinski definition) is 0. The molecule has 0 fully saturated rings. The van der Waals surface area contributed by atoms with Crippen LogP contribution in [0.1, 0.15) is 12.5 Å². The molecule has 0 aliphatic carbocycles. The largest absolute Gasteiger partial charge is 0.550 e. The first-order valence-electron chi connectivity index (χ1n) is 6.88. The van der Waals surface area contributed by atoms with Gasteiger partial charge in [-0.1, -0.05) is 48.5 Å². The molecule has 0 saturated heterocycles. The molecule has 0 radical (unpaired) electrons. The number of carbonyl (C=O) groups is 2. The number of rotatable bonds is 3. The Bertz CT molecular complexity index is 821. The maximum atomic E-state index is 11.4. The zero-order valence-corrected chi connectivity index (χ0v) is 12.0. The maximum absolute atomic E-state index is 11.4. The van der Waals surface area contributed by atoms with E-state index in [0.29, 0.717) is 16.7 Å². The molecule has 3 rings (SSSR count). The number of carboxylic acids is 1. The Morgan fingerprint density at radius 3 is 1.95 bits per heavy atom. The Hall–Kier alpha value is -2.88. The SMILES string of the molecule is CC(=O)Oc1c(CC(=O)[O-])c2ccccc2c2ccccc12. The smallest absolute Gasteiger partial charge is 0.308 e. The minimum atomic E-state index is -1.21. The second-order valence-corrected chi connectivity index (χ2v) is 5.04. The van der Waals surface area contributed by atoms with E-state index < -0.39 is 11.9 Å². The van der Waals surface area contributed by atoms with Gasteiger partial charge in [0.2, 0.25) is 0 Å². The molecule has 4 nitrogen and oxygen atoms in total. The van der Waals surface area contributed by atoms with Crippen molar-refractivity contribution < 1.29 is 19.4 Å². The second kappa shape index (κ2) is 5.48. The van der Waals surface area contributed by atoms with Crippen LogP contribution >= 0.6 is 0 Å². The molecule has 0 aromatic heterocycles. The van der Waals surface area contributed by atoms with Crippen molar-refractivity contribution >= 4 is 33.5 Å². The molecule has 110 valence electrons. The van der Waals surface area contributed by atoms with Gasteiger partial charge in [-0.3, -0.25) is 4.79 Å². The molecular weight excluding hydrogens is 280 g/mol. The highest BCUT2D eigenvalue weighted by atomic mass is 16.5. The van der Waals surface area contributed by atoms with Crippen molar-refractivity contribution in [3.05, 3.63) is 54.1 Å². The minimum absolute atomic E-state index is 0.297. The number of carboxylic acid groups (broad SMARTS) is 1. The fraction of sp³-hybridized carbons (Fsp3) is 0.111. The lowest BCUT2D eigenvalue weighted by Crippen LogP contribution is -2.25. The molecule has 0 N–H and O–H groups in total. The molecule has 4 heteroatoms. The Balaban J connectivity index is 2.48. The number of benzene rings is 3. The van der Waals surface area contributed by atoms with Gasteiger partial charge >= 0.3 is 5.97 Å². The topological polar surface area (TPSA) is 66.4 Å². The van der Waals surface area contributed by atoms with Gasteiger partial charge in [-0.25, -0.2) is 0 Å². The van der Waals surface area contributed by atoms with Crippen LogP contribution in [-0.4, -0.2) is 11.9 Å². The van der Waals surface area contributed by atoms with E-state index in [4.69, 9.17) is 4.74 Å². The van der Waals surface area contributed by atoms with Gasteiger partial charge in [0, 0.05) is 30.3 Å². The minimum Gasteiger partial charge on any atom is -0.550 e. The highest BCUT2D eigenvalue weighted by molar-refractivity contribution is 6.13. The molecule has 0 aliphatic rings. The van der Waals surface area contributed by atoms with E-state index in [0.717, 1.165) is 16.2 Å². The summed E-state index contributed by atoms with van der Waals surface area (Å²) >= 11 is 0. The number of aliphatic carboxylic acids is 1. The van der Waals surface area contributed by atoms with Crippen LogP contribution in [0.15, 0.2) is 48.5 Å². The standard InChI is InChI=1S/C18H14O4/c1-11(19)22-18-15-9-5-4-7-13(15)12-6-2-3-8-14(12)16(18)10-17(20)21/h2-9H,10H2,1H3,(H,20,21)/p-1. The number of fused-ring (bicyclic) bond motifs is 3. The average molecular weight is 293 g/mol. The first kappa shape index (κ1) is 14.1. The normalized spacial score (nSPS) is 10.8. The lowest BCUT2D eigenvalue weighted by Gasteiger charge is -2.17. The van der Waals surface area contributed by atoms with Gasteiger partial charge in [0.1, 0.15) is 5.75 Å². The molecule has 3 aromatic carbocycles. The van der Waals surface area contributed by atoms with Gasteiger partial charge < -0.3 is 14.6 Å². The van der Waals surface area contributed by atoms with Crippen molar-refractivity contribution in [2.75, 3.05) is 0 Å². The first-order valence-corrected chi connectivity index (χ1v) is 6.88. The summed E-state index contributed by atoms with van der Waals surface area (Å²) < 4.78 is 5.34. The van der Waals surface area contributed by atoms with Crippen molar-refractivity contribution in [3.63, 3.8) is 0 Å². The van der Waals surface area contributed by atoms with E-state index in [-0.39, 0.29) is 6.42 Å². The van der Waals surface area contributed by atoms with Gasteiger partial charge in [-0.15, -0.1) is 0 Å². The third-order valence-electron chi connectivity index (χ3n) is 3.56. The van der Waals surface area contributed by atoms with Crippen molar-refractivity contribution in [2.24, 2.45) is 0 Å². The monoisotopic (exact) mass is 293 g/mol. The van der Waals surface area contributed by atoms with Gasteiger partial charge in [0.25, 0.3) is 0 Å². The fourth-order valence-corrected chi connectivity index (χ4v) is 2.76. The molecule has 0 bridgehead atoms. The Kier molecular flexibility index (Phi) is 3.51. The van der Waals surface area contributed by atoms with Crippen LogP contribution in [0, 0.1) is 0 Å². The Morgan fingerprint density at radius 1 is 0.909 bits per heavy atom. The van der Waals surface area contributed by atoms with Crippen LogP contribution in [0.3, 0.4) is 0 Å². The summed E-state index contributed by atoms with van der Waals surface area (Å²) in [6.07, 6.45) is -0.312. The first-order chi connectivity index (χ1) is 10.6.